The first kappa shape index (κ1) is 13.8. The van der Waals surface area contributed by atoms with Gasteiger partial charge in [0, 0.05) is 0 Å². The fourth-order valence-electron chi connectivity index (χ4n) is 2.23. The molecule has 3 rings (SSSR count). The Morgan fingerprint density at radius 2 is 1.86 bits per heavy atom. The molecule has 108 valence electrons. The number of hydrogen-bond donors (Lipinski definition) is 1. The predicted octanol–water partition coefficient (Wildman–Crippen LogP) is 2.97. The molecule has 0 unspecified atom stereocenters. The maximum Gasteiger partial charge on any atom is 0.336 e. The summed E-state index contributed by atoms with van der Waals surface area (Å²) in [6.07, 6.45) is 0.206. The summed E-state index contributed by atoms with van der Waals surface area (Å²) in [6.45, 7) is 1.89. The first-order chi connectivity index (χ1) is 10.2. The van der Waals surface area contributed by atoms with Crippen LogP contribution in [0.15, 0.2) is 48.5 Å². The van der Waals surface area contributed by atoms with Gasteiger partial charge in [-0.15, -0.1) is 0 Å². The molecule has 0 saturated carbocycles. The van der Waals surface area contributed by atoms with Gasteiger partial charge < -0.3 is 14.6 Å². The number of rotatable bonds is 5. The molecule has 2 aromatic rings. The molecule has 0 atom stereocenters. The van der Waals surface area contributed by atoms with Gasteiger partial charge in [-0.3, -0.25) is 0 Å². The van der Waals surface area contributed by atoms with Crippen LogP contribution in [0.2, 0.25) is 0 Å². The van der Waals surface area contributed by atoms with Crippen molar-refractivity contribution >= 4 is 5.97 Å². The minimum absolute atomic E-state index is 0.206. The Kier molecular flexibility index (Phi) is 3.99. The molecule has 1 heterocycles. The fraction of sp³-hybridized carbons (Fsp3) is 0.235. The first-order valence-corrected chi connectivity index (χ1v) is 6.85. The van der Waals surface area contributed by atoms with E-state index in [4.69, 9.17) is 9.47 Å². The van der Waals surface area contributed by atoms with Gasteiger partial charge in [-0.2, -0.15) is 0 Å². The van der Waals surface area contributed by atoms with E-state index < -0.39 is 5.97 Å². The Morgan fingerprint density at radius 1 is 1.14 bits per heavy atom. The van der Waals surface area contributed by atoms with Gasteiger partial charge >= 0.3 is 5.97 Å². The lowest BCUT2D eigenvalue weighted by Gasteiger charge is -2.25. The first-order valence-electron chi connectivity index (χ1n) is 6.85. The Bertz CT molecular complexity index is 629. The average molecular weight is 284 g/mol. The molecule has 1 saturated heterocycles. The summed E-state index contributed by atoms with van der Waals surface area (Å²) in [5.41, 5.74) is 3.00. The Balaban J connectivity index is 1.75. The molecule has 0 spiro atoms. The second-order valence-electron chi connectivity index (χ2n) is 5.02. The summed E-state index contributed by atoms with van der Waals surface area (Å²) in [7, 11) is 0. The van der Waals surface area contributed by atoms with Gasteiger partial charge in [0.05, 0.1) is 25.4 Å². The van der Waals surface area contributed by atoms with Crippen molar-refractivity contribution in [3.63, 3.8) is 0 Å². The van der Waals surface area contributed by atoms with Gasteiger partial charge in [-0.05, 0) is 22.8 Å². The van der Waals surface area contributed by atoms with E-state index in [9.17, 15) is 9.90 Å². The molecular weight excluding hydrogens is 268 g/mol. The summed E-state index contributed by atoms with van der Waals surface area (Å²) in [5, 5.41) is 9.23. The van der Waals surface area contributed by atoms with Crippen molar-refractivity contribution in [2.24, 2.45) is 0 Å². The third-order valence-electron chi connectivity index (χ3n) is 3.52. The van der Waals surface area contributed by atoms with Crippen LogP contribution >= 0.6 is 0 Å². The number of carbonyl (C=O) groups is 1. The summed E-state index contributed by atoms with van der Waals surface area (Å²) < 4.78 is 10.7. The van der Waals surface area contributed by atoms with Crippen LogP contribution in [-0.4, -0.2) is 30.4 Å². The number of benzene rings is 2. The minimum atomic E-state index is -0.914. The lowest BCUT2D eigenvalue weighted by Crippen LogP contribution is -2.35. The maximum absolute atomic E-state index is 11.2. The van der Waals surface area contributed by atoms with Gasteiger partial charge in [0.1, 0.15) is 6.10 Å². The van der Waals surface area contributed by atoms with E-state index in [0.29, 0.717) is 25.4 Å². The minimum Gasteiger partial charge on any atom is -0.478 e. The summed E-state index contributed by atoms with van der Waals surface area (Å²) >= 11 is 0. The molecule has 1 aliphatic rings. The fourth-order valence-corrected chi connectivity index (χ4v) is 2.23. The van der Waals surface area contributed by atoms with Crippen LogP contribution in [0.25, 0.3) is 11.1 Å². The highest BCUT2D eigenvalue weighted by atomic mass is 16.6. The Morgan fingerprint density at radius 3 is 2.48 bits per heavy atom. The van der Waals surface area contributed by atoms with Gasteiger partial charge in [-0.25, -0.2) is 4.79 Å². The molecule has 1 N–H and O–H groups in total. The Hall–Kier alpha value is -2.17. The third-order valence-corrected chi connectivity index (χ3v) is 3.52. The zero-order valence-corrected chi connectivity index (χ0v) is 11.5. The van der Waals surface area contributed by atoms with Crippen LogP contribution in [-0.2, 0) is 16.1 Å². The third kappa shape index (κ3) is 3.12. The second kappa shape index (κ2) is 6.08. The molecule has 21 heavy (non-hydrogen) atoms. The van der Waals surface area contributed by atoms with Crippen molar-refractivity contribution in [1.29, 1.82) is 0 Å². The Labute approximate surface area is 122 Å². The van der Waals surface area contributed by atoms with E-state index in [0.717, 1.165) is 16.7 Å². The number of carboxylic acid groups (broad SMARTS) is 1. The molecule has 0 bridgehead atoms. The number of aromatic carboxylic acids is 1. The zero-order valence-electron chi connectivity index (χ0n) is 11.5. The number of carboxylic acids is 1. The normalized spacial score (nSPS) is 14.7. The van der Waals surface area contributed by atoms with Crippen molar-refractivity contribution < 1.29 is 19.4 Å². The summed E-state index contributed by atoms with van der Waals surface area (Å²) in [5.74, 6) is -0.914. The van der Waals surface area contributed by atoms with Gasteiger partial charge in [0.15, 0.2) is 0 Å². The summed E-state index contributed by atoms with van der Waals surface area (Å²) in [4.78, 5) is 11.2. The molecule has 1 aliphatic heterocycles. The highest BCUT2D eigenvalue weighted by Gasteiger charge is 2.18. The smallest absolute Gasteiger partial charge is 0.336 e. The molecule has 4 nitrogen and oxygen atoms in total. The molecule has 0 amide bonds. The lowest BCUT2D eigenvalue weighted by molar-refractivity contribution is -0.135. The largest absolute Gasteiger partial charge is 0.478 e. The van der Waals surface area contributed by atoms with Gasteiger partial charge in [0.2, 0.25) is 0 Å². The molecule has 2 aromatic carbocycles. The van der Waals surface area contributed by atoms with Crippen LogP contribution in [0, 0.1) is 0 Å². The lowest BCUT2D eigenvalue weighted by atomic mass is 9.99. The molecule has 0 aromatic heterocycles. The van der Waals surface area contributed by atoms with Crippen LogP contribution in [0.4, 0.5) is 0 Å². The van der Waals surface area contributed by atoms with E-state index in [-0.39, 0.29) is 6.10 Å². The predicted molar refractivity (Wildman–Crippen MR) is 78.2 cm³/mol. The quantitative estimate of drug-likeness (QED) is 0.917. The molecular formula is C17H16O4. The van der Waals surface area contributed by atoms with Gasteiger partial charge in [-0.1, -0.05) is 42.5 Å². The van der Waals surface area contributed by atoms with Crippen molar-refractivity contribution in [3.8, 4) is 11.1 Å². The van der Waals surface area contributed by atoms with E-state index in [1.807, 2.05) is 36.4 Å². The van der Waals surface area contributed by atoms with Crippen LogP contribution < -0.4 is 0 Å². The van der Waals surface area contributed by atoms with E-state index in [1.165, 1.54) is 0 Å². The van der Waals surface area contributed by atoms with Crippen molar-refractivity contribution in [2.75, 3.05) is 13.2 Å². The molecule has 4 heteroatoms. The van der Waals surface area contributed by atoms with Gasteiger partial charge in [0.25, 0.3) is 0 Å². The highest BCUT2D eigenvalue weighted by Crippen LogP contribution is 2.24. The molecule has 0 aliphatic carbocycles. The maximum atomic E-state index is 11.2. The van der Waals surface area contributed by atoms with Crippen LogP contribution in [0.1, 0.15) is 15.9 Å². The SMILES string of the molecule is O=C(O)c1ccccc1-c1ccc(COC2COC2)cc1. The monoisotopic (exact) mass is 284 g/mol. The van der Waals surface area contributed by atoms with E-state index >= 15 is 0 Å². The average Bonchev–Trinajstić information content (AvgIpc) is 2.46. The van der Waals surface area contributed by atoms with Crippen molar-refractivity contribution in [3.05, 3.63) is 59.7 Å². The summed E-state index contributed by atoms with van der Waals surface area (Å²) in [6, 6.07) is 14.8. The number of hydrogen-bond acceptors (Lipinski definition) is 3. The standard InChI is InChI=1S/C17H16O4/c18-17(19)16-4-2-1-3-15(16)13-7-5-12(6-8-13)9-21-14-10-20-11-14/h1-8,14H,9-11H2,(H,18,19). The van der Waals surface area contributed by atoms with Crippen LogP contribution in [0.3, 0.4) is 0 Å². The van der Waals surface area contributed by atoms with E-state index in [2.05, 4.69) is 0 Å². The number of ether oxygens (including phenoxy) is 2. The molecule has 0 radical (unpaired) electrons. The highest BCUT2D eigenvalue weighted by molar-refractivity contribution is 5.95. The topological polar surface area (TPSA) is 55.8 Å². The van der Waals surface area contributed by atoms with Crippen LogP contribution in [0.5, 0.6) is 0 Å². The van der Waals surface area contributed by atoms with Crippen molar-refractivity contribution in [2.45, 2.75) is 12.7 Å². The van der Waals surface area contributed by atoms with Crippen molar-refractivity contribution in [1.82, 2.24) is 0 Å². The zero-order chi connectivity index (χ0) is 14.7. The van der Waals surface area contributed by atoms with E-state index in [1.54, 1.807) is 12.1 Å². The molecule has 1 fully saturated rings. The second-order valence-corrected chi connectivity index (χ2v) is 5.02.